The van der Waals surface area contributed by atoms with Crippen molar-refractivity contribution < 1.29 is 9.13 Å². The quantitative estimate of drug-likeness (QED) is 0.885. The number of hydrogen-bond donors (Lipinski definition) is 1. The van der Waals surface area contributed by atoms with Crippen molar-refractivity contribution in [3.8, 4) is 5.75 Å². The Morgan fingerprint density at radius 2 is 1.95 bits per heavy atom. The number of hydrogen-bond acceptors (Lipinski definition) is 2. The van der Waals surface area contributed by atoms with Crippen LogP contribution in [0.1, 0.15) is 24.1 Å². The molecule has 0 bridgehead atoms. The molecule has 2 nitrogen and oxygen atoms in total. The molecule has 0 heterocycles. The van der Waals surface area contributed by atoms with Crippen LogP contribution < -0.4 is 10.5 Å². The molecule has 0 aromatic heterocycles. The lowest BCUT2D eigenvalue weighted by molar-refractivity contribution is 0.301. The van der Waals surface area contributed by atoms with E-state index in [1.807, 2.05) is 6.92 Å². The van der Waals surface area contributed by atoms with Crippen LogP contribution in [0.2, 0.25) is 10.0 Å². The molecular formula is C15H14Cl2FNO. The maximum absolute atomic E-state index is 13.3. The Kier molecular flexibility index (Phi) is 4.86. The van der Waals surface area contributed by atoms with Crippen LogP contribution in [0.25, 0.3) is 0 Å². The Hall–Kier alpha value is -1.29. The molecule has 20 heavy (non-hydrogen) atoms. The van der Waals surface area contributed by atoms with Gasteiger partial charge in [0, 0.05) is 16.6 Å². The molecule has 2 rings (SSSR count). The van der Waals surface area contributed by atoms with Crippen LogP contribution >= 0.6 is 23.2 Å². The lowest BCUT2D eigenvalue weighted by atomic mass is 10.1. The minimum atomic E-state index is -0.462. The van der Waals surface area contributed by atoms with Gasteiger partial charge in [-0.25, -0.2) is 4.39 Å². The average molecular weight is 314 g/mol. The van der Waals surface area contributed by atoms with Crippen molar-refractivity contribution in [3.05, 3.63) is 63.4 Å². The van der Waals surface area contributed by atoms with Crippen molar-refractivity contribution in [2.24, 2.45) is 5.73 Å². The van der Waals surface area contributed by atoms with E-state index >= 15 is 0 Å². The van der Waals surface area contributed by atoms with E-state index in [2.05, 4.69) is 0 Å². The maximum Gasteiger partial charge on any atom is 0.142 e. The van der Waals surface area contributed by atoms with Crippen molar-refractivity contribution in [2.75, 3.05) is 0 Å². The van der Waals surface area contributed by atoms with Crippen molar-refractivity contribution >= 4 is 23.2 Å². The first-order valence-electron chi connectivity index (χ1n) is 6.09. The fourth-order valence-corrected chi connectivity index (χ4v) is 2.10. The van der Waals surface area contributed by atoms with E-state index in [1.54, 1.807) is 24.3 Å². The molecule has 2 aromatic rings. The summed E-state index contributed by atoms with van der Waals surface area (Å²) in [6.07, 6.45) is 0. The van der Waals surface area contributed by atoms with Crippen LogP contribution in [0.5, 0.6) is 5.75 Å². The van der Waals surface area contributed by atoms with E-state index in [-0.39, 0.29) is 17.7 Å². The summed E-state index contributed by atoms with van der Waals surface area (Å²) >= 11 is 11.6. The Morgan fingerprint density at radius 3 is 2.60 bits per heavy atom. The Morgan fingerprint density at radius 1 is 1.20 bits per heavy atom. The van der Waals surface area contributed by atoms with Crippen LogP contribution in [0.3, 0.4) is 0 Å². The van der Waals surface area contributed by atoms with Crippen molar-refractivity contribution in [2.45, 2.75) is 19.6 Å². The third-order valence-corrected chi connectivity index (χ3v) is 3.38. The number of halogens is 3. The minimum absolute atomic E-state index is 0.0940. The average Bonchev–Trinajstić information content (AvgIpc) is 2.41. The highest BCUT2D eigenvalue weighted by molar-refractivity contribution is 6.31. The van der Waals surface area contributed by atoms with Gasteiger partial charge in [-0.2, -0.15) is 0 Å². The van der Waals surface area contributed by atoms with Gasteiger partial charge in [0.2, 0.25) is 0 Å². The summed E-state index contributed by atoms with van der Waals surface area (Å²) in [5.41, 5.74) is 7.38. The summed E-state index contributed by atoms with van der Waals surface area (Å²) in [5, 5.41) is 0.693. The maximum atomic E-state index is 13.3. The van der Waals surface area contributed by atoms with Crippen LogP contribution in [-0.2, 0) is 6.61 Å². The summed E-state index contributed by atoms with van der Waals surface area (Å²) in [5.74, 6) is 0.177. The molecule has 0 saturated carbocycles. The van der Waals surface area contributed by atoms with E-state index < -0.39 is 5.82 Å². The first-order valence-corrected chi connectivity index (χ1v) is 6.84. The van der Waals surface area contributed by atoms with Crippen LogP contribution in [0, 0.1) is 5.82 Å². The molecule has 0 spiro atoms. The topological polar surface area (TPSA) is 35.2 Å². The van der Waals surface area contributed by atoms with Crippen molar-refractivity contribution in [1.29, 1.82) is 0 Å². The normalized spacial score (nSPS) is 12.2. The molecule has 0 amide bonds. The minimum Gasteiger partial charge on any atom is -0.489 e. The smallest absolute Gasteiger partial charge is 0.142 e. The molecule has 106 valence electrons. The van der Waals surface area contributed by atoms with Crippen molar-refractivity contribution in [3.63, 3.8) is 0 Å². The van der Waals surface area contributed by atoms with E-state index in [9.17, 15) is 4.39 Å². The molecule has 2 N–H and O–H groups in total. The highest BCUT2D eigenvalue weighted by Gasteiger charge is 2.10. The highest BCUT2D eigenvalue weighted by atomic mass is 35.5. The van der Waals surface area contributed by atoms with Gasteiger partial charge in [0.25, 0.3) is 0 Å². The van der Waals surface area contributed by atoms with Gasteiger partial charge in [0.15, 0.2) is 0 Å². The zero-order chi connectivity index (χ0) is 14.7. The SMILES string of the molecule is C[C@H](N)c1cc(Cl)ccc1OCc1ccc(Cl)c(F)c1. The van der Waals surface area contributed by atoms with Crippen LogP contribution in [-0.4, -0.2) is 0 Å². The fraction of sp³-hybridized carbons (Fsp3) is 0.200. The Bertz CT molecular complexity index is 617. The van der Waals surface area contributed by atoms with Gasteiger partial charge in [-0.15, -0.1) is 0 Å². The molecule has 0 radical (unpaired) electrons. The summed E-state index contributed by atoms with van der Waals surface area (Å²) in [4.78, 5) is 0. The third kappa shape index (κ3) is 3.63. The van der Waals surface area contributed by atoms with Crippen LogP contribution in [0.4, 0.5) is 4.39 Å². The molecule has 2 aromatic carbocycles. The summed E-state index contributed by atoms with van der Waals surface area (Å²) in [6, 6.07) is 9.62. The van der Waals surface area contributed by atoms with Gasteiger partial charge in [0.05, 0.1) is 5.02 Å². The van der Waals surface area contributed by atoms with Gasteiger partial charge in [0.1, 0.15) is 18.2 Å². The number of ether oxygens (including phenoxy) is 1. The second-order valence-corrected chi connectivity index (χ2v) is 5.35. The Balaban J connectivity index is 2.16. The van der Waals surface area contributed by atoms with Crippen molar-refractivity contribution in [1.82, 2.24) is 0 Å². The van der Waals surface area contributed by atoms with E-state index in [4.69, 9.17) is 33.7 Å². The second kappa shape index (κ2) is 6.44. The monoisotopic (exact) mass is 313 g/mol. The molecule has 1 atom stereocenters. The molecule has 5 heteroatoms. The second-order valence-electron chi connectivity index (χ2n) is 4.51. The van der Waals surface area contributed by atoms with Gasteiger partial charge in [-0.3, -0.25) is 0 Å². The van der Waals surface area contributed by atoms with Gasteiger partial charge in [-0.05, 0) is 42.8 Å². The first-order chi connectivity index (χ1) is 9.47. The Labute approximate surface area is 127 Å². The number of benzene rings is 2. The number of nitrogens with two attached hydrogens (primary N) is 1. The van der Waals surface area contributed by atoms with E-state index in [0.29, 0.717) is 16.3 Å². The highest BCUT2D eigenvalue weighted by Crippen LogP contribution is 2.28. The van der Waals surface area contributed by atoms with E-state index in [0.717, 1.165) is 5.56 Å². The van der Waals surface area contributed by atoms with E-state index in [1.165, 1.54) is 12.1 Å². The van der Waals surface area contributed by atoms with Gasteiger partial charge in [-0.1, -0.05) is 29.3 Å². The lowest BCUT2D eigenvalue weighted by Gasteiger charge is -2.14. The largest absolute Gasteiger partial charge is 0.489 e. The standard InChI is InChI=1S/C15H14Cl2FNO/c1-9(19)12-7-11(16)3-5-15(12)20-8-10-2-4-13(17)14(18)6-10/h2-7,9H,8,19H2,1H3/t9-/m0/s1. The first kappa shape index (κ1) is 15.1. The molecule has 0 aliphatic rings. The van der Waals surface area contributed by atoms with Gasteiger partial charge < -0.3 is 10.5 Å². The summed E-state index contributed by atoms with van der Waals surface area (Å²) in [7, 11) is 0. The third-order valence-electron chi connectivity index (χ3n) is 2.84. The summed E-state index contributed by atoms with van der Waals surface area (Å²) < 4.78 is 19.0. The molecule has 0 unspecified atom stereocenters. The molecular weight excluding hydrogens is 300 g/mol. The molecule has 0 aliphatic carbocycles. The fourth-order valence-electron chi connectivity index (χ4n) is 1.80. The zero-order valence-electron chi connectivity index (χ0n) is 10.9. The molecule has 0 saturated heterocycles. The number of rotatable bonds is 4. The molecule has 0 aliphatic heterocycles. The van der Waals surface area contributed by atoms with Gasteiger partial charge >= 0.3 is 0 Å². The predicted molar refractivity (Wildman–Crippen MR) is 79.8 cm³/mol. The summed E-state index contributed by atoms with van der Waals surface area (Å²) in [6.45, 7) is 2.08. The van der Waals surface area contributed by atoms with Crippen LogP contribution in [0.15, 0.2) is 36.4 Å². The predicted octanol–water partition coefficient (Wildman–Crippen LogP) is 4.73. The molecule has 0 fully saturated rings. The lowest BCUT2D eigenvalue weighted by Crippen LogP contribution is -2.08. The zero-order valence-corrected chi connectivity index (χ0v) is 12.4.